The van der Waals surface area contributed by atoms with E-state index in [9.17, 15) is 4.39 Å². The smallest absolute Gasteiger partial charge is 0.126 e. The number of hydrogen-bond acceptors (Lipinski definition) is 3. The average molecular weight is 378 g/mol. The van der Waals surface area contributed by atoms with E-state index in [-0.39, 0.29) is 5.82 Å². The first kappa shape index (κ1) is 21.3. The Morgan fingerprint density at radius 2 is 1.89 bits per heavy atom. The fourth-order valence-corrected chi connectivity index (χ4v) is 2.80. The van der Waals surface area contributed by atoms with Gasteiger partial charge in [-0.1, -0.05) is 37.6 Å². The number of nitrogens with zero attached hydrogens (tertiary/aromatic N) is 1. The quantitative estimate of drug-likeness (QED) is 0.301. The molecule has 1 heterocycles. The maximum atomic E-state index is 13.3. The van der Waals surface area contributed by atoms with Crippen LogP contribution in [0.5, 0.6) is 0 Å². The summed E-state index contributed by atoms with van der Waals surface area (Å²) in [6.45, 7) is 6.96. The maximum Gasteiger partial charge on any atom is 0.126 e. The molecule has 1 aromatic carbocycles. The van der Waals surface area contributed by atoms with Crippen LogP contribution in [0.2, 0.25) is 0 Å². The molecule has 0 aliphatic rings. The molecule has 2 N–H and O–H groups in total. The van der Waals surface area contributed by atoms with E-state index in [1.54, 1.807) is 18.3 Å². The maximum absolute atomic E-state index is 13.3. The van der Waals surface area contributed by atoms with Crippen LogP contribution in [-0.4, -0.2) is 17.2 Å². The lowest BCUT2D eigenvalue weighted by molar-refractivity contribution is 0.628. The lowest BCUT2D eigenvalue weighted by Crippen LogP contribution is -2.07. The summed E-state index contributed by atoms with van der Waals surface area (Å²) in [6, 6.07) is 9.93. The minimum Gasteiger partial charge on any atom is -0.370 e. The van der Waals surface area contributed by atoms with Gasteiger partial charge in [0, 0.05) is 23.9 Å². The monoisotopic (exact) mass is 377 g/mol. The third-order valence-corrected chi connectivity index (χ3v) is 4.31. The minimum absolute atomic E-state index is 0.307. The van der Waals surface area contributed by atoms with Crippen molar-refractivity contribution in [2.24, 2.45) is 0 Å². The first-order chi connectivity index (χ1) is 13.6. The zero-order valence-electron chi connectivity index (χ0n) is 16.8. The van der Waals surface area contributed by atoms with Gasteiger partial charge in [-0.25, -0.2) is 9.37 Å². The number of pyridine rings is 1. The lowest BCUT2D eigenvalue weighted by Gasteiger charge is -2.14. The van der Waals surface area contributed by atoms with Crippen LogP contribution in [0, 0.1) is 11.2 Å². The molecule has 3 nitrogen and oxygen atoms in total. The van der Waals surface area contributed by atoms with Gasteiger partial charge in [-0.05, 0) is 67.8 Å². The molecule has 4 heteroatoms. The Morgan fingerprint density at radius 1 is 1.14 bits per heavy atom. The molecule has 0 saturated carbocycles. The number of anilines is 1. The third kappa shape index (κ3) is 6.02. The highest BCUT2D eigenvalue weighted by atomic mass is 19.1. The van der Waals surface area contributed by atoms with Crippen molar-refractivity contribution in [3.63, 3.8) is 0 Å². The van der Waals surface area contributed by atoms with E-state index in [4.69, 9.17) is 5.41 Å². The van der Waals surface area contributed by atoms with Crippen LogP contribution >= 0.6 is 0 Å². The van der Waals surface area contributed by atoms with Crippen molar-refractivity contribution in [1.82, 2.24) is 4.98 Å². The van der Waals surface area contributed by atoms with Gasteiger partial charge >= 0.3 is 0 Å². The molecule has 0 bridgehead atoms. The van der Waals surface area contributed by atoms with Crippen molar-refractivity contribution in [3.8, 4) is 0 Å². The molecule has 0 amide bonds. The Hall–Kier alpha value is -3.01. The van der Waals surface area contributed by atoms with Crippen molar-refractivity contribution in [2.75, 3.05) is 11.9 Å². The molecule has 0 aliphatic carbocycles. The zero-order chi connectivity index (χ0) is 20.4. The first-order valence-corrected chi connectivity index (χ1v) is 9.62. The van der Waals surface area contributed by atoms with E-state index in [1.165, 1.54) is 12.1 Å². The van der Waals surface area contributed by atoms with Gasteiger partial charge < -0.3 is 5.32 Å². The van der Waals surface area contributed by atoms with Crippen molar-refractivity contribution >= 4 is 17.1 Å². The summed E-state index contributed by atoms with van der Waals surface area (Å²) >= 11 is 0. The molecule has 0 radical (unpaired) electrons. The second-order valence-corrected chi connectivity index (χ2v) is 6.53. The molecule has 2 aromatic rings. The van der Waals surface area contributed by atoms with E-state index in [0.717, 1.165) is 41.9 Å². The fourth-order valence-electron chi connectivity index (χ4n) is 2.80. The van der Waals surface area contributed by atoms with Crippen molar-refractivity contribution < 1.29 is 4.39 Å². The van der Waals surface area contributed by atoms with Gasteiger partial charge in [0.15, 0.2) is 0 Å². The van der Waals surface area contributed by atoms with Gasteiger partial charge in [0.2, 0.25) is 0 Å². The molecule has 0 atom stereocenters. The van der Waals surface area contributed by atoms with Gasteiger partial charge in [0.1, 0.15) is 11.6 Å². The predicted molar refractivity (Wildman–Crippen MR) is 117 cm³/mol. The highest BCUT2D eigenvalue weighted by Gasteiger charge is 2.14. The zero-order valence-corrected chi connectivity index (χ0v) is 16.8. The van der Waals surface area contributed by atoms with Crippen LogP contribution in [0.25, 0.3) is 5.57 Å². The molecule has 0 unspecified atom stereocenters. The standard InChI is InChI=1S/C24H28FN3/c1-4-6-8-9-18(3)23(24(26)19-10-12-21(25)13-11-19)20-14-16-28-22(17-20)27-15-7-5-2/h4,6,8-14,16-17,26H,5,7,15H2,1-3H3,(H,27,28)/b6-4-,9-8-,23-18+,26-24?. The Kier molecular flexibility index (Phi) is 8.35. The molecule has 1 aromatic heterocycles. The molecule has 146 valence electrons. The van der Waals surface area contributed by atoms with Crippen LogP contribution in [0.15, 0.2) is 72.5 Å². The highest BCUT2D eigenvalue weighted by molar-refractivity contribution is 6.31. The molecular weight excluding hydrogens is 349 g/mol. The number of hydrogen-bond donors (Lipinski definition) is 2. The molecule has 0 fully saturated rings. The van der Waals surface area contributed by atoms with E-state index < -0.39 is 0 Å². The summed E-state index contributed by atoms with van der Waals surface area (Å²) in [5.74, 6) is 0.485. The van der Waals surface area contributed by atoms with Gasteiger partial charge in [0.25, 0.3) is 0 Å². The summed E-state index contributed by atoms with van der Waals surface area (Å²) < 4.78 is 13.3. The lowest BCUT2D eigenvalue weighted by atomic mass is 9.92. The molecule has 0 saturated heterocycles. The number of halogens is 1. The third-order valence-electron chi connectivity index (χ3n) is 4.31. The van der Waals surface area contributed by atoms with Gasteiger partial charge in [-0.2, -0.15) is 0 Å². The van der Waals surface area contributed by atoms with Crippen molar-refractivity contribution in [1.29, 1.82) is 5.41 Å². The van der Waals surface area contributed by atoms with Crippen molar-refractivity contribution in [2.45, 2.75) is 33.6 Å². The summed E-state index contributed by atoms with van der Waals surface area (Å²) in [5.41, 5.74) is 3.69. The van der Waals surface area contributed by atoms with E-state index >= 15 is 0 Å². The van der Waals surface area contributed by atoms with Crippen LogP contribution in [0.4, 0.5) is 10.2 Å². The summed E-state index contributed by atoms with van der Waals surface area (Å²) in [5, 5.41) is 12.1. The number of unbranched alkanes of at least 4 members (excludes halogenated alkanes) is 1. The minimum atomic E-state index is -0.307. The topological polar surface area (TPSA) is 48.8 Å². The number of aromatic nitrogens is 1. The number of nitrogens with one attached hydrogen (secondary N) is 2. The molecule has 0 spiro atoms. The predicted octanol–water partition coefficient (Wildman–Crippen LogP) is 6.41. The number of benzene rings is 1. The van der Waals surface area contributed by atoms with E-state index in [1.807, 2.05) is 50.3 Å². The summed E-state index contributed by atoms with van der Waals surface area (Å²) in [7, 11) is 0. The van der Waals surface area contributed by atoms with Crippen molar-refractivity contribution in [3.05, 3.63) is 89.4 Å². The Labute approximate surface area is 167 Å². The molecule has 28 heavy (non-hydrogen) atoms. The highest BCUT2D eigenvalue weighted by Crippen LogP contribution is 2.26. The summed E-state index contributed by atoms with van der Waals surface area (Å²) in [4.78, 5) is 4.39. The SMILES string of the molecule is C\C=C/C=C\C(C)=C(\C(=N)c1ccc(F)cc1)c1ccnc(NCCCC)c1. The van der Waals surface area contributed by atoms with E-state index in [2.05, 4.69) is 17.2 Å². The normalized spacial score (nSPS) is 12.4. The Balaban J connectivity index is 2.46. The Morgan fingerprint density at radius 3 is 2.57 bits per heavy atom. The van der Waals surface area contributed by atoms with E-state index in [0.29, 0.717) is 11.3 Å². The largest absolute Gasteiger partial charge is 0.370 e. The van der Waals surface area contributed by atoms with Crippen LogP contribution < -0.4 is 5.32 Å². The Bertz CT molecular complexity index is 877. The first-order valence-electron chi connectivity index (χ1n) is 9.62. The molecular formula is C24H28FN3. The van der Waals surface area contributed by atoms with Gasteiger partial charge in [0.05, 0.1) is 5.71 Å². The molecule has 0 aliphatic heterocycles. The second kappa shape index (κ2) is 11.0. The van der Waals surface area contributed by atoms with Crippen LogP contribution in [0.3, 0.4) is 0 Å². The second-order valence-electron chi connectivity index (χ2n) is 6.53. The average Bonchev–Trinajstić information content (AvgIpc) is 2.69. The number of allylic oxidation sites excluding steroid dienone is 6. The fraction of sp³-hybridized carbons (Fsp3) is 0.250. The van der Waals surface area contributed by atoms with Gasteiger partial charge in [-0.15, -0.1) is 0 Å². The summed E-state index contributed by atoms with van der Waals surface area (Å²) in [6.07, 6.45) is 11.8. The van der Waals surface area contributed by atoms with Gasteiger partial charge in [-0.3, -0.25) is 5.41 Å². The van der Waals surface area contributed by atoms with Crippen LogP contribution in [0.1, 0.15) is 44.7 Å². The molecule has 2 rings (SSSR count). The van der Waals surface area contributed by atoms with Crippen LogP contribution in [-0.2, 0) is 0 Å². The number of rotatable bonds is 9.